The van der Waals surface area contributed by atoms with Crippen LogP contribution in [0, 0.1) is 5.92 Å². The minimum absolute atomic E-state index is 0.0624. The second kappa shape index (κ2) is 4.79. The fourth-order valence-electron chi connectivity index (χ4n) is 1.16. The number of carbonyl (C=O) groups excluding carboxylic acids is 1. The predicted molar refractivity (Wildman–Crippen MR) is 55.9 cm³/mol. The highest BCUT2D eigenvalue weighted by atomic mass is 16.1. The molecule has 0 aliphatic carbocycles. The van der Waals surface area contributed by atoms with Gasteiger partial charge in [0.05, 0.1) is 11.9 Å². The summed E-state index contributed by atoms with van der Waals surface area (Å²) in [5, 5.41) is 6.78. The van der Waals surface area contributed by atoms with Crippen molar-refractivity contribution in [3.63, 3.8) is 0 Å². The van der Waals surface area contributed by atoms with Crippen molar-refractivity contribution in [2.75, 3.05) is 5.32 Å². The average molecular weight is 195 g/mol. The highest BCUT2D eigenvalue weighted by Crippen LogP contribution is 2.09. The fourth-order valence-corrected chi connectivity index (χ4v) is 1.16. The van der Waals surface area contributed by atoms with Gasteiger partial charge in [0.1, 0.15) is 0 Å². The van der Waals surface area contributed by atoms with E-state index in [4.69, 9.17) is 0 Å². The van der Waals surface area contributed by atoms with Crippen LogP contribution < -0.4 is 5.32 Å². The Hall–Kier alpha value is -1.32. The zero-order valence-corrected chi connectivity index (χ0v) is 8.95. The molecule has 1 heterocycles. The van der Waals surface area contributed by atoms with E-state index in [0.29, 0.717) is 12.3 Å². The van der Waals surface area contributed by atoms with Gasteiger partial charge in [-0.25, -0.2) is 0 Å². The van der Waals surface area contributed by atoms with Crippen LogP contribution in [0.1, 0.15) is 26.7 Å². The van der Waals surface area contributed by atoms with Gasteiger partial charge in [-0.3, -0.25) is 9.48 Å². The Morgan fingerprint density at radius 1 is 1.71 bits per heavy atom. The molecule has 14 heavy (non-hydrogen) atoms. The molecule has 0 fully saturated rings. The van der Waals surface area contributed by atoms with Crippen molar-refractivity contribution in [3.8, 4) is 0 Å². The van der Waals surface area contributed by atoms with Crippen LogP contribution in [-0.4, -0.2) is 15.7 Å². The van der Waals surface area contributed by atoms with E-state index in [1.807, 2.05) is 7.05 Å². The normalized spacial score (nSPS) is 12.5. The average Bonchev–Trinajstić information content (AvgIpc) is 2.50. The van der Waals surface area contributed by atoms with Gasteiger partial charge in [0.25, 0.3) is 0 Å². The van der Waals surface area contributed by atoms with Crippen LogP contribution in [-0.2, 0) is 11.8 Å². The topological polar surface area (TPSA) is 46.9 Å². The molecule has 0 saturated carbocycles. The van der Waals surface area contributed by atoms with Gasteiger partial charge in [0.15, 0.2) is 0 Å². The van der Waals surface area contributed by atoms with Crippen molar-refractivity contribution in [2.24, 2.45) is 13.0 Å². The SMILES string of the molecule is CCC(C)CC(=O)Nc1cnn(C)c1. The van der Waals surface area contributed by atoms with Gasteiger partial charge in [-0.1, -0.05) is 20.3 Å². The van der Waals surface area contributed by atoms with Crippen LogP contribution >= 0.6 is 0 Å². The summed E-state index contributed by atoms with van der Waals surface area (Å²) in [5.74, 6) is 0.499. The van der Waals surface area contributed by atoms with Crippen molar-refractivity contribution in [3.05, 3.63) is 12.4 Å². The summed E-state index contributed by atoms with van der Waals surface area (Å²) in [6.07, 6.45) is 5.04. The van der Waals surface area contributed by atoms with Crippen LogP contribution in [0.15, 0.2) is 12.4 Å². The molecule has 1 amide bonds. The molecule has 0 aromatic carbocycles. The Morgan fingerprint density at radius 3 is 2.93 bits per heavy atom. The molecule has 1 rings (SSSR count). The molecule has 1 N–H and O–H groups in total. The van der Waals surface area contributed by atoms with E-state index in [1.165, 1.54) is 0 Å². The predicted octanol–water partition coefficient (Wildman–Crippen LogP) is 1.79. The molecule has 1 aromatic rings. The number of nitrogens with zero attached hydrogens (tertiary/aromatic N) is 2. The van der Waals surface area contributed by atoms with Crippen LogP contribution in [0.4, 0.5) is 5.69 Å². The second-order valence-corrected chi connectivity index (χ2v) is 3.67. The van der Waals surface area contributed by atoms with Gasteiger partial charge in [-0.15, -0.1) is 0 Å². The Morgan fingerprint density at radius 2 is 2.43 bits per heavy atom. The number of carbonyl (C=O) groups is 1. The van der Waals surface area contributed by atoms with Gasteiger partial charge in [0.2, 0.25) is 5.91 Å². The van der Waals surface area contributed by atoms with Gasteiger partial charge >= 0.3 is 0 Å². The largest absolute Gasteiger partial charge is 0.323 e. The molecule has 0 radical (unpaired) electrons. The van der Waals surface area contributed by atoms with E-state index in [0.717, 1.165) is 12.1 Å². The lowest BCUT2D eigenvalue weighted by Crippen LogP contribution is -2.14. The quantitative estimate of drug-likeness (QED) is 0.796. The highest BCUT2D eigenvalue weighted by Gasteiger charge is 2.07. The van der Waals surface area contributed by atoms with Crippen molar-refractivity contribution in [2.45, 2.75) is 26.7 Å². The number of rotatable bonds is 4. The summed E-state index contributed by atoms with van der Waals surface area (Å²) >= 11 is 0. The Balaban J connectivity index is 2.41. The maximum Gasteiger partial charge on any atom is 0.224 e. The van der Waals surface area contributed by atoms with Gasteiger partial charge in [-0.2, -0.15) is 5.10 Å². The van der Waals surface area contributed by atoms with Crippen molar-refractivity contribution < 1.29 is 4.79 Å². The van der Waals surface area contributed by atoms with E-state index >= 15 is 0 Å². The monoisotopic (exact) mass is 195 g/mol. The van der Waals surface area contributed by atoms with Crippen LogP contribution in [0.2, 0.25) is 0 Å². The van der Waals surface area contributed by atoms with Gasteiger partial charge in [0, 0.05) is 19.7 Å². The molecule has 78 valence electrons. The first kappa shape index (κ1) is 10.8. The third kappa shape index (κ3) is 3.20. The first-order valence-corrected chi connectivity index (χ1v) is 4.90. The number of aromatic nitrogens is 2. The molecule has 0 spiro atoms. The van der Waals surface area contributed by atoms with Crippen molar-refractivity contribution in [1.29, 1.82) is 0 Å². The minimum Gasteiger partial charge on any atom is -0.323 e. The standard InChI is InChI=1S/C10H17N3O/c1-4-8(2)5-10(14)12-9-6-11-13(3)7-9/h6-8H,4-5H2,1-3H3,(H,12,14). The Bertz CT molecular complexity index is 306. The van der Waals surface area contributed by atoms with E-state index in [1.54, 1.807) is 17.1 Å². The highest BCUT2D eigenvalue weighted by molar-refractivity contribution is 5.90. The minimum atomic E-state index is 0.0624. The maximum atomic E-state index is 11.4. The lowest BCUT2D eigenvalue weighted by Gasteiger charge is -2.07. The maximum absolute atomic E-state index is 11.4. The number of hydrogen-bond donors (Lipinski definition) is 1. The number of nitrogens with one attached hydrogen (secondary N) is 1. The summed E-state index contributed by atoms with van der Waals surface area (Å²) in [6.45, 7) is 4.16. The third-order valence-corrected chi connectivity index (χ3v) is 2.22. The molecular formula is C10H17N3O. The van der Waals surface area contributed by atoms with Crippen LogP contribution in [0.3, 0.4) is 0 Å². The van der Waals surface area contributed by atoms with E-state index in [2.05, 4.69) is 24.3 Å². The molecule has 0 aliphatic rings. The number of anilines is 1. The van der Waals surface area contributed by atoms with E-state index < -0.39 is 0 Å². The molecule has 0 aliphatic heterocycles. The van der Waals surface area contributed by atoms with Crippen LogP contribution in [0.25, 0.3) is 0 Å². The number of amides is 1. The fraction of sp³-hybridized carbons (Fsp3) is 0.600. The Kier molecular flexibility index (Phi) is 3.68. The summed E-state index contributed by atoms with van der Waals surface area (Å²) in [5.41, 5.74) is 0.765. The zero-order chi connectivity index (χ0) is 10.6. The Labute approximate surface area is 84.3 Å². The van der Waals surface area contributed by atoms with E-state index in [9.17, 15) is 4.79 Å². The third-order valence-electron chi connectivity index (χ3n) is 2.22. The molecular weight excluding hydrogens is 178 g/mol. The first-order chi connectivity index (χ1) is 6.61. The lowest BCUT2D eigenvalue weighted by atomic mass is 10.1. The van der Waals surface area contributed by atoms with Gasteiger partial charge in [-0.05, 0) is 5.92 Å². The van der Waals surface area contributed by atoms with Crippen LogP contribution in [0.5, 0.6) is 0 Å². The number of aryl methyl sites for hydroxylation is 1. The van der Waals surface area contributed by atoms with Crippen molar-refractivity contribution >= 4 is 11.6 Å². The van der Waals surface area contributed by atoms with Gasteiger partial charge < -0.3 is 5.32 Å². The molecule has 4 nitrogen and oxygen atoms in total. The van der Waals surface area contributed by atoms with E-state index in [-0.39, 0.29) is 5.91 Å². The smallest absolute Gasteiger partial charge is 0.224 e. The summed E-state index contributed by atoms with van der Waals surface area (Å²) in [7, 11) is 1.82. The van der Waals surface area contributed by atoms with Crippen molar-refractivity contribution in [1.82, 2.24) is 9.78 Å². The second-order valence-electron chi connectivity index (χ2n) is 3.67. The molecule has 1 unspecified atom stereocenters. The molecule has 0 saturated heterocycles. The number of hydrogen-bond acceptors (Lipinski definition) is 2. The first-order valence-electron chi connectivity index (χ1n) is 4.90. The zero-order valence-electron chi connectivity index (χ0n) is 8.95. The summed E-state index contributed by atoms with van der Waals surface area (Å²) < 4.78 is 1.67. The molecule has 1 atom stereocenters. The molecule has 4 heteroatoms. The lowest BCUT2D eigenvalue weighted by molar-refractivity contribution is -0.117. The summed E-state index contributed by atoms with van der Waals surface area (Å²) in [4.78, 5) is 11.4. The molecule has 1 aromatic heterocycles. The summed E-state index contributed by atoms with van der Waals surface area (Å²) in [6, 6.07) is 0. The molecule has 0 bridgehead atoms.